The van der Waals surface area contributed by atoms with Crippen LogP contribution in [-0.4, -0.2) is 56.0 Å². The highest BCUT2D eigenvalue weighted by Crippen LogP contribution is 2.38. The minimum Gasteiger partial charge on any atom is -0.493 e. The van der Waals surface area contributed by atoms with Crippen molar-refractivity contribution in [3.05, 3.63) is 47.0 Å². The van der Waals surface area contributed by atoms with E-state index in [9.17, 15) is 19.2 Å². The number of imide groups is 1. The lowest BCUT2D eigenvalue weighted by molar-refractivity contribution is -0.143. The number of hydrogen-bond donors (Lipinski definition) is 1. The molecule has 3 rings (SSSR count). The maximum absolute atomic E-state index is 13.4. The Kier molecular flexibility index (Phi) is 7.87. The molecule has 1 aliphatic heterocycles. The third-order valence-corrected chi connectivity index (χ3v) is 5.91. The zero-order chi connectivity index (χ0) is 26.7. The molecule has 1 saturated heterocycles. The number of anilines is 1. The van der Waals surface area contributed by atoms with E-state index in [4.69, 9.17) is 14.2 Å². The second kappa shape index (κ2) is 10.7. The van der Waals surface area contributed by atoms with Gasteiger partial charge in [0.2, 0.25) is 17.6 Å². The van der Waals surface area contributed by atoms with E-state index in [1.54, 1.807) is 32.9 Å². The number of hydrogen-bond acceptors (Lipinski definition) is 7. The molecule has 4 amide bonds. The Morgan fingerprint density at radius 2 is 1.61 bits per heavy atom. The van der Waals surface area contributed by atoms with Crippen molar-refractivity contribution < 1.29 is 33.4 Å². The topological polar surface area (TPSA) is 114 Å². The van der Waals surface area contributed by atoms with Gasteiger partial charge in [0.05, 0.1) is 33.4 Å². The number of benzene rings is 2. The molecule has 0 aromatic heterocycles. The average molecular weight is 498 g/mol. The van der Waals surface area contributed by atoms with Crippen molar-refractivity contribution in [3.8, 4) is 17.2 Å². The molecule has 10 nitrogen and oxygen atoms in total. The Balaban J connectivity index is 1.96. The molecule has 0 bridgehead atoms. The molecule has 1 atom stereocenters. The predicted molar refractivity (Wildman–Crippen MR) is 132 cm³/mol. The molecular weight excluding hydrogens is 466 g/mol. The van der Waals surface area contributed by atoms with Crippen LogP contribution in [0.3, 0.4) is 0 Å². The fourth-order valence-corrected chi connectivity index (χ4v) is 4.08. The summed E-state index contributed by atoms with van der Waals surface area (Å²) in [5.41, 5.74) is 4.83. The van der Waals surface area contributed by atoms with Gasteiger partial charge in [0.25, 0.3) is 11.8 Å². The lowest BCUT2D eigenvalue weighted by atomic mass is 10.1. The summed E-state index contributed by atoms with van der Waals surface area (Å²) >= 11 is 0. The molecule has 0 radical (unpaired) electrons. The standard InChI is InChI=1S/C26H31N3O7/c1-14(2)25(32)29(27-24(31)17-11-20(34-5)23(36-7)21(12-17)35-6)19-13-22(30)28(26(19)33)18-9-8-15(3)10-16(18)4/h8-12,14,19H,13H2,1-7H3,(H,27,31). The highest BCUT2D eigenvalue weighted by Gasteiger charge is 2.46. The quantitative estimate of drug-likeness (QED) is 0.462. The van der Waals surface area contributed by atoms with Crippen molar-refractivity contribution in [2.75, 3.05) is 26.2 Å². The SMILES string of the molecule is COc1cc(C(=O)NN(C(=O)C(C)C)C2CC(=O)N(c3ccc(C)cc3C)C2=O)cc(OC)c1OC. The molecule has 1 fully saturated rings. The van der Waals surface area contributed by atoms with Crippen molar-refractivity contribution in [1.82, 2.24) is 10.4 Å². The van der Waals surface area contributed by atoms with Gasteiger partial charge in [0, 0.05) is 11.5 Å². The number of methoxy groups -OCH3 is 3. The number of hydrazine groups is 1. The molecule has 1 heterocycles. The number of nitrogens with one attached hydrogen (secondary N) is 1. The largest absolute Gasteiger partial charge is 0.493 e. The second-order valence-corrected chi connectivity index (χ2v) is 8.80. The van der Waals surface area contributed by atoms with Crippen LogP contribution < -0.4 is 24.5 Å². The predicted octanol–water partition coefficient (Wildman–Crippen LogP) is 2.79. The molecule has 1 N–H and O–H groups in total. The molecule has 1 unspecified atom stereocenters. The first-order valence-corrected chi connectivity index (χ1v) is 11.4. The summed E-state index contributed by atoms with van der Waals surface area (Å²) in [5.74, 6) is -2.01. The van der Waals surface area contributed by atoms with E-state index < -0.39 is 35.6 Å². The van der Waals surface area contributed by atoms with Gasteiger partial charge in [-0.3, -0.25) is 24.6 Å². The molecule has 2 aromatic rings. The van der Waals surface area contributed by atoms with E-state index in [0.29, 0.717) is 11.4 Å². The van der Waals surface area contributed by atoms with Gasteiger partial charge in [-0.1, -0.05) is 31.5 Å². The lowest BCUT2D eigenvalue weighted by Gasteiger charge is -2.29. The Morgan fingerprint density at radius 1 is 1.00 bits per heavy atom. The maximum Gasteiger partial charge on any atom is 0.270 e. The molecular formula is C26H31N3O7. The number of carbonyl (C=O) groups excluding carboxylic acids is 4. The van der Waals surface area contributed by atoms with Gasteiger partial charge in [0.1, 0.15) is 6.04 Å². The normalized spacial score (nSPS) is 15.2. The third kappa shape index (κ3) is 4.98. The van der Waals surface area contributed by atoms with Crippen LogP contribution in [0.1, 0.15) is 41.8 Å². The van der Waals surface area contributed by atoms with Crippen molar-refractivity contribution in [2.45, 2.75) is 40.2 Å². The third-order valence-electron chi connectivity index (χ3n) is 5.91. The monoisotopic (exact) mass is 497 g/mol. The maximum atomic E-state index is 13.4. The molecule has 1 aliphatic rings. The summed E-state index contributed by atoms with van der Waals surface area (Å²) in [6, 6.07) is 7.04. The number of nitrogens with zero attached hydrogens (tertiary/aromatic N) is 2. The van der Waals surface area contributed by atoms with Crippen molar-refractivity contribution in [2.24, 2.45) is 5.92 Å². The highest BCUT2D eigenvalue weighted by atomic mass is 16.5. The van der Waals surface area contributed by atoms with Crippen LogP contribution in [0.15, 0.2) is 30.3 Å². The van der Waals surface area contributed by atoms with Gasteiger partial charge in [0.15, 0.2) is 11.5 Å². The van der Waals surface area contributed by atoms with Gasteiger partial charge >= 0.3 is 0 Å². The Bertz CT molecular complexity index is 1180. The van der Waals surface area contributed by atoms with Crippen LogP contribution in [0.4, 0.5) is 5.69 Å². The Morgan fingerprint density at radius 3 is 2.11 bits per heavy atom. The van der Waals surface area contributed by atoms with Crippen LogP contribution in [0, 0.1) is 19.8 Å². The molecule has 0 aliphatic carbocycles. The molecule has 10 heteroatoms. The first-order chi connectivity index (χ1) is 17.0. The molecule has 0 saturated carbocycles. The number of amides is 4. The summed E-state index contributed by atoms with van der Waals surface area (Å²) in [6.07, 6.45) is -0.264. The van der Waals surface area contributed by atoms with Crippen molar-refractivity contribution in [1.29, 1.82) is 0 Å². The fourth-order valence-electron chi connectivity index (χ4n) is 4.08. The van der Waals surface area contributed by atoms with Crippen molar-refractivity contribution in [3.63, 3.8) is 0 Å². The van der Waals surface area contributed by atoms with Gasteiger partial charge in [-0.2, -0.15) is 0 Å². The summed E-state index contributed by atoms with van der Waals surface area (Å²) < 4.78 is 15.9. The minimum absolute atomic E-state index is 0.106. The number of rotatable bonds is 7. The van der Waals surface area contributed by atoms with Crippen LogP contribution in [0.5, 0.6) is 17.2 Å². The molecule has 0 spiro atoms. The van der Waals surface area contributed by atoms with E-state index >= 15 is 0 Å². The van der Waals surface area contributed by atoms with E-state index in [0.717, 1.165) is 21.0 Å². The number of ether oxygens (including phenoxy) is 3. The molecule has 2 aromatic carbocycles. The van der Waals surface area contributed by atoms with E-state index in [-0.39, 0.29) is 23.5 Å². The Labute approximate surface area is 210 Å². The van der Waals surface area contributed by atoms with Gasteiger partial charge in [-0.25, -0.2) is 9.91 Å². The van der Waals surface area contributed by atoms with Gasteiger partial charge < -0.3 is 14.2 Å². The fraction of sp³-hybridized carbons (Fsp3) is 0.385. The Hall–Kier alpha value is -4.08. The summed E-state index contributed by atoms with van der Waals surface area (Å²) in [6.45, 7) is 7.00. The first kappa shape index (κ1) is 26.5. The van der Waals surface area contributed by atoms with Crippen LogP contribution in [0.25, 0.3) is 0 Å². The highest BCUT2D eigenvalue weighted by molar-refractivity contribution is 6.23. The first-order valence-electron chi connectivity index (χ1n) is 11.4. The summed E-state index contributed by atoms with van der Waals surface area (Å²) in [4.78, 5) is 53.8. The van der Waals surface area contributed by atoms with E-state index in [1.807, 2.05) is 13.0 Å². The van der Waals surface area contributed by atoms with Gasteiger partial charge in [-0.15, -0.1) is 0 Å². The summed E-state index contributed by atoms with van der Waals surface area (Å²) in [5, 5.41) is 0.958. The molecule has 36 heavy (non-hydrogen) atoms. The zero-order valence-corrected chi connectivity index (χ0v) is 21.5. The van der Waals surface area contributed by atoms with Gasteiger partial charge in [-0.05, 0) is 37.6 Å². The summed E-state index contributed by atoms with van der Waals surface area (Å²) in [7, 11) is 4.27. The van der Waals surface area contributed by atoms with Crippen molar-refractivity contribution >= 4 is 29.3 Å². The average Bonchev–Trinajstić information content (AvgIpc) is 3.14. The van der Waals surface area contributed by atoms with E-state index in [2.05, 4.69) is 5.43 Å². The van der Waals surface area contributed by atoms with E-state index in [1.165, 1.54) is 33.5 Å². The van der Waals surface area contributed by atoms with Crippen LogP contribution in [0.2, 0.25) is 0 Å². The van der Waals surface area contributed by atoms with Crippen LogP contribution in [-0.2, 0) is 14.4 Å². The number of carbonyl (C=O) groups is 4. The second-order valence-electron chi connectivity index (χ2n) is 8.80. The molecule has 192 valence electrons. The number of aryl methyl sites for hydroxylation is 2. The minimum atomic E-state index is -1.20. The zero-order valence-electron chi connectivity index (χ0n) is 21.5. The van der Waals surface area contributed by atoms with Crippen LogP contribution >= 0.6 is 0 Å². The smallest absolute Gasteiger partial charge is 0.270 e. The lowest BCUT2D eigenvalue weighted by Crippen LogP contribution is -2.56.